The Bertz CT molecular complexity index is 1390. The number of rotatable bonds is 4. The highest BCUT2D eigenvalue weighted by Crippen LogP contribution is 2.35. The number of carbonyl (C=O) groups excluding carboxylic acids is 1. The number of amides is 1. The lowest BCUT2D eigenvalue weighted by Crippen LogP contribution is -2.28. The van der Waals surface area contributed by atoms with Crippen LogP contribution in [0.3, 0.4) is 0 Å². The molecule has 1 aliphatic heterocycles. The SMILES string of the molecule is Cc1ccc(C)c(NC(=O)Cn2ccn3nc(-c4ccc5c(c4)OCO5)cc3c2=O)c1. The molecule has 8 nitrogen and oxygen atoms in total. The third-order valence-corrected chi connectivity index (χ3v) is 5.25. The first kappa shape index (κ1) is 18.9. The number of hydrogen-bond donors (Lipinski definition) is 1. The van der Waals surface area contributed by atoms with Crippen molar-refractivity contribution in [1.29, 1.82) is 0 Å². The fourth-order valence-corrected chi connectivity index (χ4v) is 3.56. The van der Waals surface area contributed by atoms with Crippen molar-refractivity contribution >= 4 is 17.1 Å². The summed E-state index contributed by atoms with van der Waals surface area (Å²) in [5, 5.41) is 7.37. The molecule has 0 atom stereocenters. The van der Waals surface area contributed by atoms with E-state index in [0.717, 1.165) is 22.4 Å². The number of aromatic nitrogens is 3. The molecule has 5 rings (SSSR count). The Labute approximate surface area is 177 Å². The molecule has 0 radical (unpaired) electrons. The zero-order valence-electron chi connectivity index (χ0n) is 17.1. The van der Waals surface area contributed by atoms with Gasteiger partial charge in [0.15, 0.2) is 11.5 Å². The molecule has 0 aliphatic carbocycles. The number of nitrogens with zero attached hydrogens (tertiary/aromatic N) is 3. The molecule has 0 spiro atoms. The molecule has 0 saturated carbocycles. The lowest BCUT2D eigenvalue weighted by atomic mass is 10.1. The number of anilines is 1. The summed E-state index contributed by atoms with van der Waals surface area (Å²) in [5.41, 5.74) is 4.29. The fraction of sp³-hybridized carbons (Fsp3) is 0.174. The van der Waals surface area contributed by atoms with Gasteiger partial charge in [0.2, 0.25) is 12.7 Å². The van der Waals surface area contributed by atoms with Crippen LogP contribution in [-0.2, 0) is 11.3 Å². The number of hydrogen-bond acceptors (Lipinski definition) is 5. The summed E-state index contributed by atoms with van der Waals surface area (Å²) in [6.07, 6.45) is 3.23. The van der Waals surface area contributed by atoms with Crippen molar-refractivity contribution in [2.45, 2.75) is 20.4 Å². The molecule has 2 aromatic carbocycles. The molecule has 0 bridgehead atoms. The van der Waals surface area contributed by atoms with E-state index in [2.05, 4.69) is 10.4 Å². The van der Waals surface area contributed by atoms with Crippen LogP contribution in [0.1, 0.15) is 11.1 Å². The maximum atomic E-state index is 12.9. The molecule has 1 aliphatic rings. The molecular weight excluding hydrogens is 396 g/mol. The van der Waals surface area contributed by atoms with E-state index in [-0.39, 0.29) is 24.8 Å². The number of benzene rings is 2. The van der Waals surface area contributed by atoms with E-state index in [0.29, 0.717) is 22.7 Å². The van der Waals surface area contributed by atoms with Crippen LogP contribution >= 0.6 is 0 Å². The van der Waals surface area contributed by atoms with E-state index < -0.39 is 0 Å². The topological polar surface area (TPSA) is 86.9 Å². The van der Waals surface area contributed by atoms with E-state index in [1.165, 1.54) is 9.08 Å². The summed E-state index contributed by atoms with van der Waals surface area (Å²) >= 11 is 0. The van der Waals surface area contributed by atoms with Crippen molar-refractivity contribution in [3.05, 3.63) is 76.3 Å². The summed E-state index contributed by atoms with van der Waals surface area (Å²) in [6, 6.07) is 13.1. The number of ether oxygens (including phenoxy) is 2. The summed E-state index contributed by atoms with van der Waals surface area (Å²) in [5.74, 6) is 1.07. The first-order valence-electron chi connectivity index (χ1n) is 9.84. The molecule has 0 saturated heterocycles. The monoisotopic (exact) mass is 416 g/mol. The van der Waals surface area contributed by atoms with Gasteiger partial charge in [-0.3, -0.25) is 9.59 Å². The fourth-order valence-electron chi connectivity index (χ4n) is 3.56. The minimum Gasteiger partial charge on any atom is -0.454 e. The van der Waals surface area contributed by atoms with Crippen LogP contribution in [0.25, 0.3) is 16.8 Å². The first-order chi connectivity index (χ1) is 15.0. The Hall–Kier alpha value is -4.07. The predicted molar refractivity (Wildman–Crippen MR) is 116 cm³/mol. The van der Waals surface area contributed by atoms with E-state index in [1.54, 1.807) is 18.5 Å². The van der Waals surface area contributed by atoms with Gasteiger partial charge in [-0.2, -0.15) is 5.10 Å². The van der Waals surface area contributed by atoms with Gasteiger partial charge in [0.1, 0.15) is 12.1 Å². The lowest BCUT2D eigenvalue weighted by molar-refractivity contribution is -0.116. The lowest BCUT2D eigenvalue weighted by Gasteiger charge is -2.10. The summed E-state index contributed by atoms with van der Waals surface area (Å²) in [7, 11) is 0. The molecule has 2 aromatic heterocycles. The van der Waals surface area contributed by atoms with Crippen LogP contribution in [-0.4, -0.2) is 26.9 Å². The van der Waals surface area contributed by atoms with Crippen LogP contribution < -0.4 is 20.3 Å². The Kier molecular flexibility index (Phi) is 4.47. The third kappa shape index (κ3) is 3.52. The first-order valence-corrected chi connectivity index (χ1v) is 9.84. The van der Waals surface area contributed by atoms with Crippen LogP contribution in [0, 0.1) is 13.8 Å². The Balaban J connectivity index is 1.42. The Morgan fingerprint density at radius 1 is 1.06 bits per heavy atom. The second-order valence-electron chi connectivity index (χ2n) is 7.53. The van der Waals surface area contributed by atoms with Gasteiger partial charge < -0.3 is 19.4 Å². The van der Waals surface area contributed by atoms with E-state index in [1.807, 2.05) is 50.2 Å². The van der Waals surface area contributed by atoms with Crippen LogP contribution in [0.4, 0.5) is 5.69 Å². The second-order valence-corrected chi connectivity index (χ2v) is 7.53. The van der Waals surface area contributed by atoms with Crippen molar-refractivity contribution in [2.24, 2.45) is 0 Å². The predicted octanol–water partition coefficient (Wildman–Crippen LogP) is 3.15. The summed E-state index contributed by atoms with van der Waals surface area (Å²) in [6.45, 7) is 3.99. The normalized spacial score (nSPS) is 12.3. The van der Waals surface area contributed by atoms with Crippen molar-refractivity contribution in [1.82, 2.24) is 14.2 Å². The van der Waals surface area contributed by atoms with Crippen LogP contribution in [0.15, 0.2) is 59.7 Å². The minimum atomic E-state index is -0.293. The smallest absolute Gasteiger partial charge is 0.277 e. The van der Waals surface area contributed by atoms with E-state index >= 15 is 0 Å². The van der Waals surface area contributed by atoms with Gasteiger partial charge >= 0.3 is 0 Å². The highest BCUT2D eigenvalue weighted by Gasteiger charge is 2.16. The number of nitrogens with one attached hydrogen (secondary N) is 1. The van der Waals surface area contributed by atoms with Gasteiger partial charge in [0.05, 0.1) is 5.69 Å². The molecule has 8 heteroatoms. The number of aryl methyl sites for hydroxylation is 2. The third-order valence-electron chi connectivity index (χ3n) is 5.25. The zero-order valence-corrected chi connectivity index (χ0v) is 17.1. The molecule has 156 valence electrons. The van der Waals surface area contributed by atoms with Crippen molar-refractivity contribution in [3.63, 3.8) is 0 Å². The molecule has 3 heterocycles. The second kappa shape index (κ2) is 7.32. The quantitative estimate of drug-likeness (QED) is 0.552. The average molecular weight is 416 g/mol. The van der Waals surface area contributed by atoms with Gasteiger partial charge in [-0.05, 0) is 55.3 Å². The van der Waals surface area contributed by atoms with Crippen LogP contribution in [0.5, 0.6) is 11.5 Å². The highest BCUT2D eigenvalue weighted by atomic mass is 16.7. The summed E-state index contributed by atoms with van der Waals surface area (Å²) in [4.78, 5) is 25.5. The van der Waals surface area contributed by atoms with Gasteiger partial charge in [-0.25, -0.2) is 4.52 Å². The van der Waals surface area contributed by atoms with Gasteiger partial charge in [-0.15, -0.1) is 0 Å². The van der Waals surface area contributed by atoms with Crippen molar-refractivity contribution in [2.75, 3.05) is 12.1 Å². The minimum absolute atomic E-state index is 0.0900. The summed E-state index contributed by atoms with van der Waals surface area (Å²) < 4.78 is 13.6. The Morgan fingerprint density at radius 2 is 1.90 bits per heavy atom. The van der Waals surface area contributed by atoms with E-state index in [9.17, 15) is 9.59 Å². The number of carbonyl (C=O) groups is 1. The van der Waals surface area contributed by atoms with Crippen molar-refractivity contribution < 1.29 is 14.3 Å². The standard InChI is InChI=1S/C23H20N4O4/c1-14-3-4-15(2)17(9-14)24-22(28)12-26-7-8-27-19(23(26)29)11-18(25-27)16-5-6-20-21(10-16)31-13-30-20/h3-11H,12-13H2,1-2H3,(H,24,28). The molecule has 0 fully saturated rings. The molecule has 31 heavy (non-hydrogen) atoms. The maximum absolute atomic E-state index is 12.9. The molecule has 4 aromatic rings. The Morgan fingerprint density at radius 3 is 2.77 bits per heavy atom. The van der Waals surface area contributed by atoms with Crippen molar-refractivity contribution in [3.8, 4) is 22.8 Å². The van der Waals surface area contributed by atoms with Gasteiger partial charge in [0, 0.05) is 23.6 Å². The number of fused-ring (bicyclic) bond motifs is 2. The van der Waals surface area contributed by atoms with Crippen LogP contribution in [0.2, 0.25) is 0 Å². The van der Waals surface area contributed by atoms with Gasteiger partial charge in [-0.1, -0.05) is 12.1 Å². The molecule has 1 amide bonds. The molecule has 1 N–H and O–H groups in total. The maximum Gasteiger partial charge on any atom is 0.277 e. The van der Waals surface area contributed by atoms with Gasteiger partial charge in [0.25, 0.3) is 5.56 Å². The largest absolute Gasteiger partial charge is 0.454 e. The zero-order chi connectivity index (χ0) is 21.5. The average Bonchev–Trinajstić information content (AvgIpc) is 3.39. The molecular formula is C23H20N4O4. The van der Waals surface area contributed by atoms with E-state index in [4.69, 9.17) is 9.47 Å². The molecule has 0 unspecified atom stereocenters. The highest BCUT2D eigenvalue weighted by molar-refractivity contribution is 5.91.